The predicted octanol–water partition coefficient (Wildman–Crippen LogP) is 0.125. The summed E-state index contributed by atoms with van der Waals surface area (Å²) in [6, 6.07) is -0.322. The van der Waals surface area contributed by atoms with E-state index in [9.17, 15) is 14.4 Å². The molecule has 6 heteroatoms. The monoisotopic (exact) mass is 251 g/mol. The Morgan fingerprint density at radius 1 is 0.944 bits per heavy atom. The number of hydrogen-bond acceptors (Lipinski definition) is 3. The summed E-state index contributed by atoms with van der Waals surface area (Å²) >= 11 is 0. The average molecular weight is 251 g/mol. The Hall–Kier alpha value is -2.11. The van der Waals surface area contributed by atoms with E-state index in [1.165, 1.54) is 12.2 Å². The van der Waals surface area contributed by atoms with Gasteiger partial charge in [0.2, 0.25) is 0 Å². The highest BCUT2D eigenvalue weighted by Gasteiger charge is 2.15. The zero-order chi connectivity index (χ0) is 13.9. The fourth-order valence-electron chi connectivity index (χ4n) is 1.66. The second kappa shape index (κ2) is 5.48. The molecule has 0 radical (unpaired) electrons. The first-order valence-corrected chi connectivity index (χ1v) is 5.63. The molecule has 0 spiro atoms. The van der Waals surface area contributed by atoms with Gasteiger partial charge in [0.05, 0.1) is 13.1 Å². The fourth-order valence-corrected chi connectivity index (χ4v) is 1.66. The predicted molar refractivity (Wildman–Crippen MR) is 70.0 cm³/mol. The Morgan fingerprint density at radius 3 is 1.61 bits per heavy atom. The number of hydrogen-bond donors (Lipinski definition) is 0. The molecule has 1 rings (SSSR count). The van der Waals surface area contributed by atoms with Crippen LogP contribution in [0.5, 0.6) is 0 Å². The van der Waals surface area contributed by atoms with Crippen molar-refractivity contribution in [2.24, 2.45) is 0 Å². The normalized spacial score (nSPS) is 10.6. The summed E-state index contributed by atoms with van der Waals surface area (Å²) in [5.74, 6) is 0. The molecule has 0 aliphatic rings. The highest BCUT2D eigenvalue weighted by Crippen LogP contribution is 1.93. The number of nitrogens with zero attached hydrogens (tertiary/aromatic N) is 3. The van der Waals surface area contributed by atoms with E-state index in [1.807, 2.05) is 0 Å². The van der Waals surface area contributed by atoms with Gasteiger partial charge >= 0.3 is 17.1 Å². The molecule has 0 amide bonds. The van der Waals surface area contributed by atoms with Gasteiger partial charge in [-0.15, -0.1) is 13.2 Å². The van der Waals surface area contributed by atoms with Crippen LogP contribution in [0.1, 0.15) is 19.9 Å². The van der Waals surface area contributed by atoms with Crippen LogP contribution in [0.3, 0.4) is 0 Å². The Labute approximate surface area is 104 Å². The molecule has 0 N–H and O–H groups in total. The molecule has 18 heavy (non-hydrogen) atoms. The number of allylic oxidation sites excluding steroid dienone is 2. The topological polar surface area (TPSA) is 66.0 Å². The molecule has 0 aliphatic heterocycles. The lowest BCUT2D eigenvalue weighted by molar-refractivity contribution is 0.442. The van der Waals surface area contributed by atoms with Crippen molar-refractivity contribution in [3.8, 4) is 0 Å². The van der Waals surface area contributed by atoms with Crippen molar-refractivity contribution in [3.05, 3.63) is 56.8 Å². The summed E-state index contributed by atoms with van der Waals surface area (Å²) < 4.78 is 3.02. The minimum atomic E-state index is -0.637. The molecule has 0 aliphatic carbocycles. The van der Waals surface area contributed by atoms with Gasteiger partial charge in [-0.1, -0.05) is 12.2 Å². The Balaban J connectivity index is 3.81. The van der Waals surface area contributed by atoms with Crippen molar-refractivity contribution >= 4 is 0 Å². The molecule has 1 heterocycles. The first kappa shape index (κ1) is 14.0. The van der Waals surface area contributed by atoms with E-state index in [0.717, 1.165) is 13.7 Å². The molecule has 0 fully saturated rings. The molecule has 0 bridgehead atoms. The first-order valence-electron chi connectivity index (χ1n) is 5.63. The lowest BCUT2D eigenvalue weighted by atomic mass is 10.4. The van der Waals surface area contributed by atoms with Gasteiger partial charge in [0, 0.05) is 6.04 Å². The van der Waals surface area contributed by atoms with Crippen molar-refractivity contribution in [3.63, 3.8) is 0 Å². The van der Waals surface area contributed by atoms with Crippen LogP contribution >= 0.6 is 0 Å². The third-order valence-corrected chi connectivity index (χ3v) is 2.48. The highest BCUT2D eigenvalue weighted by atomic mass is 16.2. The zero-order valence-electron chi connectivity index (χ0n) is 10.6. The van der Waals surface area contributed by atoms with Crippen LogP contribution in [0.4, 0.5) is 0 Å². The van der Waals surface area contributed by atoms with E-state index in [1.54, 1.807) is 13.8 Å². The highest BCUT2D eigenvalue weighted by molar-refractivity contribution is 4.85. The van der Waals surface area contributed by atoms with Gasteiger partial charge in [-0.05, 0) is 13.8 Å². The molecule has 1 aromatic heterocycles. The first-order chi connectivity index (χ1) is 8.45. The molecule has 0 saturated heterocycles. The van der Waals surface area contributed by atoms with Crippen LogP contribution in [-0.2, 0) is 13.1 Å². The Bertz CT molecular complexity index is 583. The molecule has 1 aromatic rings. The summed E-state index contributed by atoms with van der Waals surface area (Å²) in [4.78, 5) is 36.1. The molecule has 0 unspecified atom stereocenters. The van der Waals surface area contributed by atoms with E-state index in [2.05, 4.69) is 13.2 Å². The smallest absolute Gasteiger partial charge is 0.247 e. The number of rotatable bonds is 5. The Kier molecular flexibility index (Phi) is 4.25. The SMILES string of the molecule is C=CCn1c(=O)n(CC=C)c(=O)n(C(C)C)c1=O. The second-order valence-electron chi connectivity index (χ2n) is 4.11. The fraction of sp³-hybridized carbons (Fsp3) is 0.417. The molecule has 0 aromatic carbocycles. The van der Waals surface area contributed by atoms with Crippen molar-refractivity contribution in [1.29, 1.82) is 0 Å². The zero-order valence-corrected chi connectivity index (χ0v) is 10.6. The van der Waals surface area contributed by atoms with Gasteiger partial charge in [-0.25, -0.2) is 28.1 Å². The quantitative estimate of drug-likeness (QED) is 0.698. The van der Waals surface area contributed by atoms with Crippen LogP contribution in [0.2, 0.25) is 0 Å². The molecule has 98 valence electrons. The molecule has 6 nitrogen and oxygen atoms in total. The van der Waals surface area contributed by atoms with Crippen molar-refractivity contribution < 1.29 is 0 Å². The summed E-state index contributed by atoms with van der Waals surface area (Å²) in [6.45, 7) is 10.6. The van der Waals surface area contributed by atoms with Crippen LogP contribution in [0.15, 0.2) is 39.7 Å². The second-order valence-corrected chi connectivity index (χ2v) is 4.11. The molecular weight excluding hydrogens is 234 g/mol. The van der Waals surface area contributed by atoms with E-state index in [4.69, 9.17) is 0 Å². The van der Waals surface area contributed by atoms with Gasteiger partial charge in [0.1, 0.15) is 0 Å². The maximum atomic E-state index is 12.0. The minimum Gasteiger partial charge on any atom is -0.247 e. The van der Waals surface area contributed by atoms with Gasteiger partial charge in [0.25, 0.3) is 0 Å². The lowest BCUT2D eigenvalue weighted by Crippen LogP contribution is -2.54. The maximum Gasteiger partial charge on any atom is 0.336 e. The summed E-state index contributed by atoms with van der Waals surface area (Å²) in [5, 5.41) is 0. The lowest BCUT2D eigenvalue weighted by Gasteiger charge is -2.14. The van der Waals surface area contributed by atoms with Gasteiger partial charge in [-0.3, -0.25) is 0 Å². The summed E-state index contributed by atoms with van der Waals surface area (Å²) in [5.41, 5.74) is -1.86. The van der Waals surface area contributed by atoms with Gasteiger partial charge < -0.3 is 0 Å². The van der Waals surface area contributed by atoms with E-state index in [-0.39, 0.29) is 19.1 Å². The van der Waals surface area contributed by atoms with Crippen LogP contribution in [-0.4, -0.2) is 13.7 Å². The van der Waals surface area contributed by atoms with Crippen LogP contribution in [0, 0.1) is 0 Å². The van der Waals surface area contributed by atoms with E-state index in [0.29, 0.717) is 0 Å². The van der Waals surface area contributed by atoms with Crippen molar-refractivity contribution in [2.45, 2.75) is 33.0 Å². The average Bonchev–Trinajstić information content (AvgIpc) is 2.30. The molecule has 0 saturated carbocycles. The van der Waals surface area contributed by atoms with Crippen LogP contribution < -0.4 is 17.1 Å². The van der Waals surface area contributed by atoms with Crippen molar-refractivity contribution in [2.75, 3.05) is 0 Å². The summed E-state index contributed by atoms with van der Waals surface area (Å²) in [7, 11) is 0. The van der Waals surface area contributed by atoms with E-state index >= 15 is 0 Å². The van der Waals surface area contributed by atoms with Crippen molar-refractivity contribution in [1.82, 2.24) is 13.7 Å². The molecule has 0 atom stereocenters. The third-order valence-electron chi connectivity index (χ3n) is 2.48. The standard InChI is InChI=1S/C12H17N3O3/c1-5-7-13-10(16)14(8-6-2)12(18)15(9(3)4)11(13)17/h5-6,9H,1-2,7-8H2,3-4H3. The van der Waals surface area contributed by atoms with Crippen LogP contribution in [0.25, 0.3) is 0 Å². The van der Waals surface area contributed by atoms with Gasteiger partial charge in [0.15, 0.2) is 0 Å². The van der Waals surface area contributed by atoms with E-state index < -0.39 is 17.1 Å². The third kappa shape index (κ3) is 2.27. The van der Waals surface area contributed by atoms with Gasteiger partial charge in [-0.2, -0.15) is 0 Å². The Morgan fingerprint density at radius 2 is 1.33 bits per heavy atom. The summed E-state index contributed by atoms with van der Waals surface area (Å²) in [6.07, 6.45) is 2.88. The minimum absolute atomic E-state index is 0.0712. The molecular formula is C12H17N3O3. The largest absolute Gasteiger partial charge is 0.336 e. The number of aromatic nitrogens is 3. The maximum absolute atomic E-state index is 12.0.